The summed E-state index contributed by atoms with van der Waals surface area (Å²) in [5, 5.41) is 16.4. The Morgan fingerprint density at radius 3 is 2.69 bits per heavy atom. The van der Waals surface area contributed by atoms with Crippen LogP contribution in [0, 0.1) is 10.1 Å². The van der Waals surface area contributed by atoms with Gasteiger partial charge in [0.2, 0.25) is 11.8 Å². The molecule has 0 aliphatic carbocycles. The number of benzene rings is 2. The number of amides is 2. The van der Waals surface area contributed by atoms with Crippen molar-refractivity contribution in [3.63, 3.8) is 0 Å². The van der Waals surface area contributed by atoms with E-state index in [9.17, 15) is 24.5 Å². The zero-order valence-corrected chi connectivity index (χ0v) is 17.1. The van der Waals surface area contributed by atoms with Crippen LogP contribution in [0.1, 0.15) is 12.8 Å². The van der Waals surface area contributed by atoms with Crippen LogP contribution in [0.3, 0.4) is 0 Å². The minimum absolute atomic E-state index is 0.0173. The van der Waals surface area contributed by atoms with Gasteiger partial charge in [0.1, 0.15) is 0 Å². The lowest BCUT2D eigenvalue weighted by Crippen LogP contribution is -2.47. The first kappa shape index (κ1) is 21.1. The largest absolute Gasteiger partial charge is 0.419 e. The number of nitro benzene ring substituents is 1. The minimum Gasteiger partial charge on any atom is -0.407 e. The van der Waals surface area contributed by atoms with Crippen molar-refractivity contribution in [2.75, 3.05) is 29.9 Å². The van der Waals surface area contributed by atoms with Crippen molar-refractivity contribution in [2.24, 2.45) is 0 Å². The normalized spacial score (nSPS) is 13.8. The molecule has 1 fully saturated rings. The second kappa shape index (κ2) is 8.92. The lowest BCUT2D eigenvalue weighted by Gasteiger charge is -2.28. The Kier molecular flexibility index (Phi) is 5.88. The molecule has 11 heteroatoms. The van der Waals surface area contributed by atoms with Crippen molar-refractivity contribution in [1.82, 2.24) is 9.88 Å². The summed E-state index contributed by atoms with van der Waals surface area (Å²) in [5.74, 6) is -0.842. The molecule has 0 unspecified atom stereocenters. The highest BCUT2D eigenvalue weighted by atomic mass is 16.6. The average Bonchev–Trinajstić information content (AvgIpc) is 3.08. The van der Waals surface area contributed by atoms with Gasteiger partial charge in [-0.15, -0.1) is 0 Å². The Hall–Kier alpha value is -4.15. The van der Waals surface area contributed by atoms with Crippen LogP contribution in [-0.4, -0.2) is 40.9 Å². The summed E-state index contributed by atoms with van der Waals surface area (Å²) < 4.78 is 6.44. The van der Waals surface area contributed by atoms with Crippen molar-refractivity contribution < 1.29 is 18.9 Å². The molecule has 0 saturated carbocycles. The highest BCUT2D eigenvalue weighted by molar-refractivity contribution is 5.91. The van der Waals surface area contributed by atoms with Gasteiger partial charge in [0, 0.05) is 43.5 Å². The fraction of sp³-hybridized carbons (Fsp3) is 0.286. The number of nitrogens with one attached hydrogen (secondary N) is 2. The third-order valence-corrected chi connectivity index (χ3v) is 5.20. The zero-order valence-electron chi connectivity index (χ0n) is 17.1. The van der Waals surface area contributed by atoms with E-state index in [0.717, 1.165) is 12.2 Å². The van der Waals surface area contributed by atoms with Crippen LogP contribution in [0.15, 0.2) is 51.7 Å². The van der Waals surface area contributed by atoms with Crippen LogP contribution in [0.4, 0.5) is 17.1 Å². The Bertz CT molecular complexity index is 1230. The molecule has 2 aromatic carbocycles. The van der Waals surface area contributed by atoms with Crippen molar-refractivity contribution in [2.45, 2.75) is 19.4 Å². The molecule has 4 rings (SSSR count). The molecule has 3 aromatic rings. The number of fused-ring (bicyclic) bond motifs is 1. The van der Waals surface area contributed by atoms with Crippen LogP contribution in [-0.2, 0) is 16.1 Å². The van der Waals surface area contributed by atoms with Crippen LogP contribution < -0.4 is 21.3 Å². The second-order valence-electron chi connectivity index (χ2n) is 7.40. The molecule has 11 nitrogen and oxygen atoms in total. The number of nitrogens with zero attached hydrogens (tertiary/aromatic N) is 3. The molecule has 0 bridgehead atoms. The maximum absolute atomic E-state index is 12.3. The quantitative estimate of drug-likeness (QED) is 0.423. The third-order valence-electron chi connectivity index (χ3n) is 5.20. The summed E-state index contributed by atoms with van der Waals surface area (Å²) in [6.45, 7) is 1.88. The van der Waals surface area contributed by atoms with E-state index >= 15 is 0 Å². The first-order valence-corrected chi connectivity index (χ1v) is 10.1. The van der Waals surface area contributed by atoms with E-state index in [1.807, 2.05) is 17.0 Å². The second-order valence-corrected chi connectivity index (χ2v) is 7.40. The Morgan fingerprint density at radius 2 is 1.97 bits per heavy atom. The van der Waals surface area contributed by atoms with Crippen LogP contribution >= 0.6 is 0 Å². The van der Waals surface area contributed by atoms with Crippen molar-refractivity contribution in [1.29, 1.82) is 0 Å². The fourth-order valence-corrected chi connectivity index (χ4v) is 3.62. The highest BCUT2D eigenvalue weighted by Crippen LogP contribution is 2.21. The van der Waals surface area contributed by atoms with Gasteiger partial charge >= 0.3 is 5.76 Å². The molecule has 2 amide bonds. The van der Waals surface area contributed by atoms with Gasteiger partial charge in [0.25, 0.3) is 5.69 Å². The molecule has 0 atom stereocenters. The van der Waals surface area contributed by atoms with E-state index in [-0.39, 0.29) is 36.1 Å². The topological polar surface area (TPSA) is 140 Å². The van der Waals surface area contributed by atoms with Crippen LogP contribution in [0.2, 0.25) is 0 Å². The Balaban J connectivity index is 1.32. The monoisotopic (exact) mass is 439 g/mol. The number of nitro groups is 1. The van der Waals surface area contributed by atoms with Gasteiger partial charge in [0.05, 0.1) is 23.1 Å². The number of oxazole rings is 1. The van der Waals surface area contributed by atoms with Gasteiger partial charge in [0.15, 0.2) is 5.58 Å². The van der Waals surface area contributed by atoms with Gasteiger partial charge in [-0.05, 0) is 36.8 Å². The van der Waals surface area contributed by atoms with E-state index in [1.54, 1.807) is 12.1 Å². The first-order chi connectivity index (χ1) is 15.4. The molecule has 1 aromatic heterocycles. The number of carbonyl (C=O) groups is 2. The minimum atomic E-state index is -0.622. The number of piperazine rings is 1. The standard InChI is InChI=1S/C21H21N5O6/c27-19(23-14-3-5-15(6-4-14)24-11-9-22-20(28)13-24)2-1-10-25-17-8-7-16(26(30)31)12-18(17)32-21(25)29/h3-8,12H,1-2,9-11,13H2,(H,22,28)(H,23,27). The van der Waals surface area contributed by atoms with E-state index in [4.69, 9.17) is 4.42 Å². The van der Waals surface area contributed by atoms with Crippen molar-refractivity contribution in [3.05, 3.63) is 63.1 Å². The first-order valence-electron chi connectivity index (χ1n) is 10.1. The van der Waals surface area contributed by atoms with Gasteiger partial charge in [-0.25, -0.2) is 4.79 Å². The summed E-state index contributed by atoms with van der Waals surface area (Å²) >= 11 is 0. The fourth-order valence-electron chi connectivity index (χ4n) is 3.62. The average molecular weight is 439 g/mol. The van der Waals surface area contributed by atoms with E-state index in [2.05, 4.69) is 10.6 Å². The molecule has 1 saturated heterocycles. The molecular formula is C21H21N5O6. The molecule has 0 radical (unpaired) electrons. The molecule has 2 heterocycles. The molecule has 2 N–H and O–H groups in total. The number of anilines is 2. The summed E-state index contributed by atoms with van der Waals surface area (Å²) in [6.07, 6.45) is 0.568. The number of hydrogen-bond acceptors (Lipinski definition) is 7. The van der Waals surface area contributed by atoms with E-state index in [0.29, 0.717) is 30.7 Å². The highest BCUT2D eigenvalue weighted by Gasteiger charge is 2.17. The number of rotatable bonds is 7. The molecule has 166 valence electrons. The SMILES string of the molecule is O=C1CN(c2ccc(NC(=O)CCCn3c(=O)oc4cc([N+](=O)[O-])ccc43)cc2)CCN1. The smallest absolute Gasteiger partial charge is 0.407 e. The van der Waals surface area contributed by atoms with E-state index in [1.165, 1.54) is 22.8 Å². The lowest BCUT2D eigenvalue weighted by molar-refractivity contribution is -0.384. The maximum atomic E-state index is 12.3. The third kappa shape index (κ3) is 4.61. The van der Waals surface area contributed by atoms with Gasteiger partial charge in [-0.3, -0.25) is 24.3 Å². The molecule has 1 aliphatic rings. The predicted octanol–water partition coefficient (Wildman–Crippen LogP) is 1.86. The summed E-state index contributed by atoms with van der Waals surface area (Å²) in [7, 11) is 0. The maximum Gasteiger partial charge on any atom is 0.419 e. The molecule has 0 spiro atoms. The van der Waals surface area contributed by atoms with E-state index < -0.39 is 10.7 Å². The molecular weight excluding hydrogens is 418 g/mol. The van der Waals surface area contributed by atoms with Crippen LogP contribution in [0.25, 0.3) is 11.1 Å². The Morgan fingerprint density at radius 1 is 1.19 bits per heavy atom. The van der Waals surface area contributed by atoms with Crippen molar-refractivity contribution >= 4 is 40.0 Å². The zero-order chi connectivity index (χ0) is 22.7. The number of carbonyl (C=O) groups excluding carboxylic acids is 2. The van der Waals surface area contributed by atoms with Gasteiger partial charge in [-0.1, -0.05) is 0 Å². The Labute approximate surface area is 181 Å². The number of hydrogen-bond donors (Lipinski definition) is 2. The number of aryl methyl sites for hydroxylation is 1. The molecule has 32 heavy (non-hydrogen) atoms. The summed E-state index contributed by atoms with van der Waals surface area (Å²) in [5.41, 5.74) is 1.97. The lowest BCUT2D eigenvalue weighted by atomic mass is 10.2. The summed E-state index contributed by atoms with van der Waals surface area (Å²) in [4.78, 5) is 48.1. The number of aromatic nitrogens is 1. The number of non-ortho nitro benzene ring substituents is 1. The van der Waals surface area contributed by atoms with Gasteiger partial charge in [-0.2, -0.15) is 0 Å². The van der Waals surface area contributed by atoms with Gasteiger partial charge < -0.3 is 20.0 Å². The van der Waals surface area contributed by atoms with Crippen LogP contribution in [0.5, 0.6) is 0 Å². The van der Waals surface area contributed by atoms with Crippen molar-refractivity contribution in [3.8, 4) is 0 Å². The predicted molar refractivity (Wildman–Crippen MR) is 117 cm³/mol. The summed E-state index contributed by atoms with van der Waals surface area (Å²) in [6, 6.07) is 11.2. The molecule has 1 aliphatic heterocycles.